The van der Waals surface area contributed by atoms with Crippen LogP contribution in [0.3, 0.4) is 0 Å². The van der Waals surface area contributed by atoms with Crippen molar-refractivity contribution >= 4 is 11.6 Å². The average Bonchev–Trinajstić information content (AvgIpc) is 1.94. The van der Waals surface area contributed by atoms with E-state index in [4.69, 9.17) is 11.6 Å². The molecule has 0 aromatic carbocycles. The Balaban J connectivity index is 2.94. The highest BCUT2D eigenvalue weighted by Gasteiger charge is 2.03. The third-order valence-corrected chi connectivity index (χ3v) is 1.80. The van der Waals surface area contributed by atoms with Gasteiger partial charge >= 0.3 is 5.69 Å². The van der Waals surface area contributed by atoms with Gasteiger partial charge in [0.05, 0.1) is 0 Å². The van der Waals surface area contributed by atoms with Crippen LogP contribution in [0, 0.1) is 5.92 Å². The zero-order valence-corrected chi connectivity index (χ0v) is 7.85. The maximum absolute atomic E-state index is 10.7. The molecule has 1 N–H and O–H groups in total. The molecule has 1 aromatic heterocycles. The second-order valence-corrected chi connectivity index (χ2v) is 3.50. The third-order valence-electron chi connectivity index (χ3n) is 1.46. The van der Waals surface area contributed by atoms with Crippen LogP contribution in [0.2, 0.25) is 5.15 Å². The van der Waals surface area contributed by atoms with Crippen molar-refractivity contribution in [3.63, 3.8) is 0 Å². The molecule has 0 radical (unpaired) electrons. The smallest absolute Gasteiger partial charge is 0.296 e. The molecule has 66 valence electrons. The fourth-order valence-electron chi connectivity index (χ4n) is 0.982. The lowest BCUT2D eigenvalue weighted by Gasteiger charge is -2.04. The minimum atomic E-state index is -0.396. The summed E-state index contributed by atoms with van der Waals surface area (Å²) >= 11 is 5.78. The number of aromatic nitrogens is 2. The lowest BCUT2D eigenvalue weighted by atomic mass is 10.1. The second kappa shape index (κ2) is 3.72. The molecule has 0 atom stereocenters. The summed E-state index contributed by atoms with van der Waals surface area (Å²) in [6.07, 6.45) is 2.36. The van der Waals surface area contributed by atoms with E-state index >= 15 is 0 Å². The third kappa shape index (κ3) is 2.34. The fourth-order valence-corrected chi connectivity index (χ4v) is 1.19. The molecule has 0 saturated heterocycles. The van der Waals surface area contributed by atoms with E-state index in [1.165, 1.54) is 6.20 Å². The molecule has 0 fully saturated rings. The van der Waals surface area contributed by atoms with Gasteiger partial charge in [0, 0.05) is 11.8 Å². The van der Waals surface area contributed by atoms with Crippen LogP contribution in [0.5, 0.6) is 0 Å². The molecule has 1 aromatic rings. The summed E-state index contributed by atoms with van der Waals surface area (Å²) in [5.74, 6) is 0.509. The summed E-state index contributed by atoms with van der Waals surface area (Å²) in [5, 5.41) is 0.406. The molecule has 0 aliphatic heterocycles. The van der Waals surface area contributed by atoms with E-state index < -0.39 is 5.69 Å². The lowest BCUT2D eigenvalue weighted by Crippen LogP contribution is -2.11. The van der Waals surface area contributed by atoms with Crippen molar-refractivity contribution in [1.82, 2.24) is 9.97 Å². The van der Waals surface area contributed by atoms with Crippen LogP contribution >= 0.6 is 11.6 Å². The fraction of sp³-hybridized carbons (Fsp3) is 0.500. The van der Waals surface area contributed by atoms with Gasteiger partial charge in [-0.3, -0.25) is 4.98 Å². The Morgan fingerprint density at radius 2 is 2.33 bits per heavy atom. The maximum atomic E-state index is 10.7. The van der Waals surface area contributed by atoms with Crippen molar-refractivity contribution < 1.29 is 0 Å². The maximum Gasteiger partial charge on any atom is 0.346 e. The van der Waals surface area contributed by atoms with Crippen molar-refractivity contribution in [2.75, 3.05) is 0 Å². The van der Waals surface area contributed by atoms with Gasteiger partial charge in [0.15, 0.2) is 0 Å². The van der Waals surface area contributed by atoms with E-state index in [2.05, 4.69) is 23.8 Å². The second-order valence-electron chi connectivity index (χ2n) is 3.13. The number of H-pyrrole nitrogens is 1. The standard InChI is InChI=1S/C8H11ClN2O/c1-5(2)3-6-4-10-8(12)11-7(6)9/h4-5H,3H2,1-2H3,(H,10,11,12). The highest BCUT2D eigenvalue weighted by Crippen LogP contribution is 2.13. The van der Waals surface area contributed by atoms with Gasteiger partial charge in [0.1, 0.15) is 5.15 Å². The normalized spacial score (nSPS) is 10.7. The zero-order valence-electron chi connectivity index (χ0n) is 7.10. The zero-order chi connectivity index (χ0) is 9.14. The summed E-state index contributed by atoms with van der Waals surface area (Å²) < 4.78 is 0. The van der Waals surface area contributed by atoms with Crippen LogP contribution in [0.25, 0.3) is 0 Å². The van der Waals surface area contributed by atoms with Crippen LogP contribution < -0.4 is 5.69 Å². The van der Waals surface area contributed by atoms with Gasteiger partial charge in [-0.1, -0.05) is 25.4 Å². The first kappa shape index (κ1) is 9.26. The minimum absolute atomic E-state index is 0.396. The van der Waals surface area contributed by atoms with Gasteiger partial charge in [0.2, 0.25) is 0 Å². The monoisotopic (exact) mass is 186 g/mol. The van der Waals surface area contributed by atoms with E-state index in [0.29, 0.717) is 11.1 Å². The van der Waals surface area contributed by atoms with Crippen molar-refractivity contribution in [3.05, 3.63) is 27.4 Å². The first-order valence-corrected chi connectivity index (χ1v) is 4.21. The first-order valence-electron chi connectivity index (χ1n) is 3.83. The Morgan fingerprint density at radius 1 is 1.67 bits per heavy atom. The van der Waals surface area contributed by atoms with Gasteiger partial charge < -0.3 is 0 Å². The van der Waals surface area contributed by atoms with Gasteiger partial charge in [-0.05, 0) is 12.3 Å². The van der Waals surface area contributed by atoms with Crippen molar-refractivity contribution in [3.8, 4) is 0 Å². The molecule has 0 aliphatic carbocycles. The van der Waals surface area contributed by atoms with Gasteiger partial charge in [-0.25, -0.2) is 9.78 Å². The number of nitrogens with one attached hydrogen (secondary N) is 1. The summed E-state index contributed by atoms with van der Waals surface area (Å²) in [4.78, 5) is 16.7. The van der Waals surface area contributed by atoms with Gasteiger partial charge in [-0.2, -0.15) is 0 Å². The van der Waals surface area contributed by atoms with Crippen LogP contribution in [0.1, 0.15) is 19.4 Å². The summed E-state index contributed by atoms with van der Waals surface area (Å²) in [7, 11) is 0. The van der Waals surface area contributed by atoms with Crippen molar-refractivity contribution in [1.29, 1.82) is 0 Å². The Labute approximate surface area is 75.8 Å². The Morgan fingerprint density at radius 3 is 2.83 bits per heavy atom. The Bertz CT molecular complexity index is 319. The van der Waals surface area contributed by atoms with Crippen molar-refractivity contribution in [2.24, 2.45) is 5.92 Å². The van der Waals surface area contributed by atoms with Crippen LogP contribution in [-0.4, -0.2) is 9.97 Å². The van der Waals surface area contributed by atoms with Gasteiger partial charge in [-0.15, -0.1) is 0 Å². The minimum Gasteiger partial charge on any atom is -0.296 e. The predicted octanol–water partition coefficient (Wildman–Crippen LogP) is 1.62. The quantitative estimate of drug-likeness (QED) is 0.714. The van der Waals surface area contributed by atoms with Crippen LogP contribution in [0.4, 0.5) is 0 Å². The molecular weight excluding hydrogens is 176 g/mol. The van der Waals surface area contributed by atoms with Crippen LogP contribution in [0.15, 0.2) is 11.0 Å². The molecule has 12 heavy (non-hydrogen) atoms. The molecule has 3 nitrogen and oxygen atoms in total. The summed E-state index contributed by atoms with van der Waals surface area (Å²) in [6.45, 7) is 4.17. The molecule has 0 amide bonds. The highest BCUT2D eigenvalue weighted by molar-refractivity contribution is 6.30. The highest BCUT2D eigenvalue weighted by atomic mass is 35.5. The average molecular weight is 187 g/mol. The van der Waals surface area contributed by atoms with Crippen LogP contribution in [-0.2, 0) is 6.42 Å². The lowest BCUT2D eigenvalue weighted by molar-refractivity contribution is 0.643. The molecule has 0 saturated carbocycles. The first-order chi connectivity index (χ1) is 5.59. The van der Waals surface area contributed by atoms with E-state index in [9.17, 15) is 4.79 Å². The molecule has 1 heterocycles. The molecule has 0 aliphatic rings. The van der Waals surface area contributed by atoms with E-state index in [-0.39, 0.29) is 0 Å². The van der Waals surface area contributed by atoms with E-state index in [0.717, 1.165) is 12.0 Å². The molecular formula is C8H11ClN2O. The number of nitrogens with zero attached hydrogens (tertiary/aromatic N) is 1. The summed E-state index contributed by atoms with van der Waals surface area (Å²) in [6, 6.07) is 0. The molecule has 4 heteroatoms. The molecule has 0 bridgehead atoms. The molecule has 1 rings (SSSR count). The van der Waals surface area contributed by atoms with E-state index in [1.807, 2.05) is 0 Å². The Kier molecular flexibility index (Phi) is 2.87. The SMILES string of the molecule is CC(C)Cc1cnc(=O)[nH]c1Cl. The molecule has 0 unspecified atom stereocenters. The Hall–Kier alpha value is -0.830. The largest absolute Gasteiger partial charge is 0.346 e. The number of hydrogen-bond donors (Lipinski definition) is 1. The molecule has 0 spiro atoms. The topological polar surface area (TPSA) is 45.8 Å². The number of aromatic amines is 1. The van der Waals surface area contributed by atoms with Crippen molar-refractivity contribution in [2.45, 2.75) is 20.3 Å². The van der Waals surface area contributed by atoms with E-state index in [1.54, 1.807) is 0 Å². The number of halogens is 1. The van der Waals surface area contributed by atoms with Gasteiger partial charge in [0.25, 0.3) is 0 Å². The summed E-state index contributed by atoms with van der Waals surface area (Å²) in [5.41, 5.74) is 0.499. The number of rotatable bonds is 2. The number of hydrogen-bond acceptors (Lipinski definition) is 2. The predicted molar refractivity (Wildman–Crippen MR) is 48.4 cm³/mol.